The molecule has 9 heteroatoms. The zero-order chi connectivity index (χ0) is 28.9. The van der Waals surface area contributed by atoms with E-state index in [0.29, 0.717) is 38.3 Å². The number of aryl methyl sites for hydroxylation is 1. The van der Waals surface area contributed by atoms with E-state index in [4.69, 9.17) is 16.5 Å². The van der Waals surface area contributed by atoms with Crippen molar-refractivity contribution in [1.82, 2.24) is 24.8 Å². The number of likely N-dealkylation sites (tertiary alicyclic amines) is 1. The molecule has 5 N–H and O–H groups in total. The molecule has 1 aliphatic rings. The molecule has 0 unspecified atom stereocenters. The van der Waals surface area contributed by atoms with Crippen LogP contribution >= 0.6 is 0 Å². The average molecular weight is 554 g/mol. The van der Waals surface area contributed by atoms with Crippen LogP contribution in [0.25, 0.3) is 22.2 Å². The maximum Gasteiger partial charge on any atom is 0.224 e. The number of hydrogen-bond acceptors (Lipinski definition) is 6. The molecule has 5 rings (SSSR count). The average Bonchev–Trinajstić information content (AvgIpc) is 3.33. The number of nitrogen functional groups attached to an aromatic ring is 1. The number of aromatic nitrogens is 3. The van der Waals surface area contributed by atoms with Crippen molar-refractivity contribution < 1.29 is 9.59 Å². The lowest BCUT2D eigenvalue weighted by atomic mass is 9.95. The Balaban J connectivity index is 1.23. The molecule has 1 aliphatic heterocycles. The van der Waals surface area contributed by atoms with Gasteiger partial charge in [-0.3, -0.25) is 9.59 Å². The third kappa shape index (κ3) is 6.74. The molecule has 2 atom stereocenters. The highest BCUT2D eigenvalue weighted by atomic mass is 16.2. The molecule has 1 fully saturated rings. The van der Waals surface area contributed by atoms with Gasteiger partial charge in [0.05, 0.1) is 11.0 Å². The second-order valence-corrected chi connectivity index (χ2v) is 11.1. The number of piperidine rings is 1. The van der Waals surface area contributed by atoms with Gasteiger partial charge in [0, 0.05) is 63.2 Å². The predicted molar refractivity (Wildman–Crippen MR) is 162 cm³/mol. The van der Waals surface area contributed by atoms with Crippen LogP contribution in [0.4, 0.5) is 5.82 Å². The smallest absolute Gasteiger partial charge is 0.224 e. The van der Waals surface area contributed by atoms with Gasteiger partial charge in [-0.15, -0.1) is 0 Å². The molecule has 0 saturated carbocycles. The second-order valence-electron chi connectivity index (χ2n) is 11.1. The highest BCUT2D eigenvalue weighted by Crippen LogP contribution is 2.31. The van der Waals surface area contributed by atoms with Gasteiger partial charge in [0.25, 0.3) is 0 Å². The minimum Gasteiger partial charge on any atom is -0.384 e. The van der Waals surface area contributed by atoms with Crippen molar-refractivity contribution in [2.75, 3.05) is 25.4 Å². The Morgan fingerprint density at radius 1 is 1.10 bits per heavy atom. The molecule has 214 valence electrons. The number of amides is 2. The van der Waals surface area contributed by atoms with Gasteiger partial charge < -0.3 is 26.3 Å². The number of carbonyl (C=O) groups excluding carboxylic acids is 2. The van der Waals surface area contributed by atoms with E-state index in [0.717, 1.165) is 58.5 Å². The fourth-order valence-corrected chi connectivity index (χ4v) is 5.75. The molecule has 0 aliphatic carbocycles. The number of benzene rings is 2. The first kappa shape index (κ1) is 28.3. The number of fused-ring (bicyclic) bond motifs is 1. The Hall–Kier alpha value is -4.24. The van der Waals surface area contributed by atoms with Crippen molar-refractivity contribution in [2.24, 2.45) is 5.73 Å². The highest BCUT2D eigenvalue weighted by molar-refractivity contribution is 5.80. The van der Waals surface area contributed by atoms with Crippen LogP contribution in [-0.4, -0.2) is 56.9 Å². The molecule has 4 aromatic rings. The standard InChI is InChI=1S/C32H39N7O2/c1-21-5-3-7-28-31(21)37-32(39(28)16-14-35-22(2)40)26-6-4-15-38(20-26)30(41)18-27(33)17-23-8-10-24(11-9-23)25-12-13-29(34)36-19-25/h3,5,7-13,19,26-27H,4,6,14-18,20,33H2,1-2H3,(H2,34,36)(H,35,40)/t26-,27-/m1/s1. The number of hydrogen-bond donors (Lipinski definition) is 3. The third-order valence-electron chi connectivity index (χ3n) is 7.87. The molecule has 0 radical (unpaired) electrons. The molecule has 3 heterocycles. The van der Waals surface area contributed by atoms with Gasteiger partial charge in [-0.25, -0.2) is 9.97 Å². The summed E-state index contributed by atoms with van der Waals surface area (Å²) >= 11 is 0. The van der Waals surface area contributed by atoms with E-state index in [1.165, 1.54) is 6.92 Å². The molecular weight excluding hydrogens is 514 g/mol. The van der Waals surface area contributed by atoms with E-state index in [2.05, 4.69) is 46.1 Å². The van der Waals surface area contributed by atoms with Crippen molar-refractivity contribution in [1.29, 1.82) is 0 Å². The number of para-hydroxylation sites is 1. The summed E-state index contributed by atoms with van der Waals surface area (Å²) in [6.07, 6.45) is 4.57. The summed E-state index contributed by atoms with van der Waals surface area (Å²) in [5.41, 5.74) is 18.5. The van der Waals surface area contributed by atoms with E-state index in [-0.39, 0.29) is 23.8 Å². The molecule has 41 heavy (non-hydrogen) atoms. The van der Waals surface area contributed by atoms with Crippen LogP contribution in [-0.2, 0) is 22.6 Å². The summed E-state index contributed by atoms with van der Waals surface area (Å²) in [5, 5.41) is 2.90. The normalized spacial score (nSPS) is 16.1. The quantitative estimate of drug-likeness (QED) is 0.289. The molecular formula is C32H39N7O2. The van der Waals surface area contributed by atoms with Gasteiger partial charge in [0.15, 0.2) is 0 Å². The third-order valence-corrected chi connectivity index (χ3v) is 7.87. The van der Waals surface area contributed by atoms with Crippen LogP contribution in [0.5, 0.6) is 0 Å². The van der Waals surface area contributed by atoms with Crippen molar-refractivity contribution in [3.63, 3.8) is 0 Å². The molecule has 1 saturated heterocycles. The summed E-state index contributed by atoms with van der Waals surface area (Å²) in [4.78, 5) is 36.0. The molecule has 0 spiro atoms. The van der Waals surface area contributed by atoms with E-state index < -0.39 is 0 Å². The lowest BCUT2D eigenvalue weighted by Crippen LogP contribution is -2.42. The SMILES string of the molecule is CC(=O)NCCn1c([C@@H]2CCCN(C(=O)C[C@H](N)Cc3ccc(-c4ccc(N)nc4)cc3)C2)nc2c(C)cccc21. The first-order chi connectivity index (χ1) is 19.8. The Kier molecular flexibility index (Phi) is 8.64. The number of imidazole rings is 1. The monoisotopic (exact) mass is 553 g/mol. The van der Waals surface area contributed by atoms with Crippen LogP contribution in [0.2, 0.25) is 0 Å². The topological polar surface area (TPSA) is 132 Å². The van der Waals surface area contributed by atoms with Gasteiger partial charge in [-0.2, -0.15) is 0 Å². The van der Waals surface area contributed by atoms with Gasteiger partial charge in [-0.05, 0) is 61.1 Å². The molecule has 2 amide bonds. The molecule has 9 nitrogen and oxygen atoms in total. The number of nitrogens with zero attached hydrogens (tertiary/aromatic N) is 4. The number of carbonyl (C=O) groups is 2. The maximum absolute atomic E-state index is 13.4. The van der Waals surface area contributed by atoms with E-state index in [1.54, 1.807) is 12.3 Å². The van der Waals surface area contributed by atoms with E-state index in [9.17, 15) is 9.59 Å². The Bertz CT molecular complexity index is 1510. The minimum atomic E-state index is -0.267. The highest BCUT2D eigenvalue weighted by Gasteiger charge is 2.29. The second kappa shape index (κ2) is 12.5. The van der Waals surface area contributed by atoms with E-state index >= 15 is 0 Å². The Labute approximate surface area is 241 Å². The predicted octanol–water partition coefficient (Wildman–Crippen LogP) is 3.79. The molecule has 2 aromatic heterocycles. The van der Waals surface area contributed by atoms with Gasteiger partial charge in [0.1, 0.15) is 11.6 Å². The number of rotatable bonds is 9. The number of nitrogens with two attached hydrogens (primary N) is 2. The number of nitrogens with one attached hydrogen (secondary N) is 1. The lowest BCUT2D eigenvalue weighted by Gasteiger charge is -2.33. The minimum absolute atomic E-state index is 0.0482. The van der Waals surface area contributed by atoms with E-state index in [1.807, 2.05) is 29.2 Å². The Morgan fingerprint density at radius 2 is 1.88 bits per heavy atom. The van der Waals surface area contributed by atoms with Crippen molar-refractivity contribution in [3.8, 4) is 11.1 Å². The summed E-state index contributed by atoms with van der Waals surface area (Å²) in [5.74, 6) is 1.65. The van der Waals surface area contributed by atoms with Gasteiger partial charge >= 0.3 is 0 Å². The zero-order valence-electron chi connectivity index (χ0n) is 23.8. The number of pyridine rings is 1. The van der Waals surface area contributed by atoms with Crippen LogP contribution in [0.15, 0.2) is 60.8 Å². The lowest BCUT2D eigenvalue weighted by molar-refractivity contribution is -0.132. The first-order valence-corrected chi connectivity index (χ1v) is 14.3. The maximum atomic E-state index is 13.4. The van der Waals surface area contributed by atoms with Crippen LogP contribution in [0.1, 0.15) is 49.1 Å². The van der Waals surface area contributed by atoms with Crippen molar-refractivity contribution in [3.05, 3.63) is 77.7 Å². The molecule has 0 bridgehead atoms. The number of anilines is 1. The van der Waals surface area contributed by atoms with Crippen molar-refractivity contribution >= 4 is 28.7 Å². The zero-order valence-corrected chi connectivity index (χ0v) is 23.8. The fourth-order valence-electron chi connectivity index (χ4n) is 5.75. The van der Waals surface area contributed by atoms with Crippen LogP contribution in [0.3, 0.4) is 0 Å². The summed E-state index contributed by atoms with van der Waals surface area (Å²) < 4.78 is 2.22. The summed E-state index contributed by atoms with van der Waals surface area (Å²) in [7, 11) is 0. The summed E-state index contributed by atoms with van der Waals surface area (Å²) in [6.45, 7) is 6.12. The van der Waals surface area contributed by atoms with Crippen LogP contribution < -0.4 is 16.8 Å². The van der Waals surface area contributed by atoms with Gasteiger partial charge in [0.2, 0.25) is 11.8 Å². The largest absolute Gasteiger partial charge is 0.384 e. The molecule has 2 aromatic carbocycles. The van der Waals surface area contributed by atoms with Crippen LogP contribution in [0, 0.1) is 6.92 Å². The fraction of sp³-hybridized carbons (Fsp3) is 0.375. The first-order valence-electron chi connectivity index (χ1n) is 14.3. The van der Waals surface area contributed by atoms with Gasteiger partial charge in [-0.1, -0.05) is 36.4 Å². The van der Waals surface area contributed by atoms with Crippen molar-refractivity contribution in [2.45, 2.75) is 58.0 Å². The summed E-state index contributed by atoms with van der Waals surface area (Å²) in [6, 6.07) is 17.9. The Morgan fingerprint density at radius 3 is 2.61 bits per heavy atom.